The van der Waals surface area contributed by atoms with Gasteiger partial charge in [-0.25, -0.2) is 4.98 Å². The number of rotatable bonds is 7. The van der Waals surface area contributed by atoms with Crippen molar-refractivity contribution in [2.24, 2.45) is 0 Å². The van der Waals surface area contributed by atoms with Gasteiger partial charge in [-0.3, -0.25) is 9.36 Å². The third kappa shape index (κ3) is 6.59. The predicted octanol–water partition coefficient (Wildman–Crippen LogP) is 6.32. The molecule has 0 atom stereocenters. The van der Waals surface area contributed by atoms with E-state index in [0.717, 1.165) is 42.6 Å². The fourth-order valence-electron chi connectivity index (χ4n) is 7.66. The molecule has 1 N–H and O–H groups in total. The minimum Gasteiger partial charge on any atom is -0.351 e. The van der Waals surface area contributed by atoms with E-state index >= 15 is 0 Å². The van der Waals surface area contributed by atoms with E-state index < -0.39 is 8.07 Å². The standard InChI is InChI=1S/C35H50N6OSi/c1-25(2)43(26(3)4,27(5)6)22-17-28-23-33(42)41(31-11-9-8-10-12-31)34-32(28)24-36-35(38-34)37-29-13-20-40(21-14-29)30-15-18-39(7)19-16-30/h8-12,23-27,29-30H,13-16,18-21H2,1-7H3,(H,36,37,38). The second-order valence-corrected chi connectivity index (χ2v) is 19.2. The van der Waals surface area contributed by atoms with Gasteiger partial charge in [-0.05, 0) is 74.6 Å². The summed E-state index contributed by atoms with van der Waals surface area (Å²) in [4.78, 5) is 28.6. The lowest BCUT2D eigenvalue weighted by molar-refractivity contribution is 0.0993. The zero-order chi connectivity index (χ0) is 30.7. The Labute approximate surface area is 259 Å². The van der Waals surface area contributed by atoms with Gasteiger partial charge in [0.2, 0.25) is 5.95 Å². The largest absolute Gasteiger partial charge is 0.351 e. The molecule has 2 fully saturated rings. The highest BCUT2D eigenvalue weighted by Gasteiger charge is 2.41. The summed E-state index contributed by atoms with van der Waals surface area (Å²) in [5.74, 6) is 4.10. The van der Waals surface area contributed by atoms with Crippen molar-refractivity contribution in [2.75, 3.05) is 38.5 Å². The summed E-state index contributed by atoms with van der Waals surface area (Å²) >= 11 is 0. The number of aromatic nitrogens is 3. The van der Waals surface area contributed by atoms with Gasteiger partial charge in [0.1, 0.15) is 8.07 Å². The summed E-state index contributed by atoms with van der Waals surface area (Å²) < 4.78 is 1.70. The molecule has 4 heterocycles. The number of hydrogen-bond acceptors (Lipinski definition) is 6. The van der Waals surface area contributed by atoms with E-state index in [-0.39, 0.29) is 5.56 Å². The van der Waals surface area contributed by atoms with Crippen LogP contribution in [0.4, 0.5) is 5.95 Å². The molecule has 1 aromatic carbocycles. The van der Waals surface area contributed by atoms with Gasteiger partial charge in [-0.2, -0.15) is 4.98 Å². The number of benzene rings is 1. The van der Waals surface area contributed by atoms with Gasteiger partial charge in [0.15, 0.2) is 5.65 Å². The molecule has 0 aliphatic carbocycles. The third-order valence-electron chi connectivity index (χ3n) is 10.1. The van der Waals surface area contributed by atoms with Crippen molar-refractivity contribution in [1.82, 2.24) is 24.3 Å². The van der Waals surface area contributed by atoms with Crippen LogP contribution in [0.25, 0.3) is 16.7 Å². The Morgan fingerprint density at radius 3 is 2.14 bits per heavy atom. The number of likely N-dealkylation sites (tertiary alicyclic amines) is 2. The molecular weight excluding hydrogens is 549 g/mol. The maximum Gasteiger partial charge on any atom is 0.258 e. The first-order chi connectivity index (χ1) is 20.6. The highest BCUT2D eigenvalue weighted by molar-refractivity contribution is 6.90. The molecule has 2 aliphatic heterocycles. The Morgan fingerprint density at radius 2 is 1.53 bits per heavy atom. The normalized spacial score (nSPS) is 18.0. The summed E-state index contributed by atoms with van der Waals surface area (Å²) in [6.45, 7) is 18.5. The van der Waals surface area contributed by atoms with Gasteiger partial charge in [0.25, 0.3) is 5.56 Å². The van der Waals surface area contributed by atoms with Gasteiger partial charge >= 0.3 is 0 Å². The highest BCUT2D eigenvalue weighted by Crippen LogP contribution is 2.41. The zero-order valence-electron chi connectivity index (χ0n) is 27.2. The van der Waals surface area contributed by atoms with Crippen LogP contribution < -0.4 is 10.9 Å². The number of hydrogen-bond donors (Lipinski definition) is 1. The van der Waals surface area contributed by atoms with E-state index in [1.807, 2.05) is 36.5 Å². The van der Waals surface area contributed by atoms with Crippen LogP contribution in [0.1, 0.15) is 72.8 Å². The Kier molecular flexibility index (Phi) is 9.75. The third-order valence-corrected chi connectivity index (χ3v) is 16.4. The second-order valence-electron chi connectivity index (χ2n) is 13.6. The molecular formula is C35H50N6OSi. The lowest BCUT2D eigenvalue weighted by atomic mass is 9.98. The molecule has 0 amide bonds. The van der Waals surface area contributed by atoms with Crippen molar-refractivity contribution in [2.45, 2.75) is 95.9 Å². The monoisotopic (exact) mass is 598 g/mol. The smallest absolute Gasteiger partial charge is 0.258 e. The average molecular weight is 599 g/mol. The molecule has 2 saturated heterocycles. The molecule has 43 heavy (non-hydrogen) atoms. The lowest BCUT2D eigenvalue weighted by Crippen LogP contribution is -2.48. The van der Waals surface area contributed by atoms with E-state index in [1.54, 1.807) is 10.6 Å². The van der Waals surface area contributed by atoms with Crippen LogP contribution in [0.2, 0.25) is 16.6 Å². The molecule has 2 aliphatic rings. The van der Waals surface area contributed by atoms with Gasteiger partial charge in [0, 0.05) is 43.0 Å². The van der Waals surface area contributed by atoms with Crippen LogP contribution in [0.3, 0.4) is 0 Å². The topological polar surface area (TPSA) is 66.3 Å². The summed E-state index contributed by atoms with van der Waals surface area (Å²) in [6.07, 6.45) is 6.53. The number of fused-ring (bicyclic) bond motifs is 1. The van der Waals surface area contributed by atoms with Gasteiger partial charge in [-0.1, -0.05) is 65.7 Å². The van der Waals surface area contributed by atoms with Crippen LogP contribution in [0.15, 0.2) is 47.4 Å². The van der Waals surface area contributed by atoms with Crippen LogP contribution in [-0.4, -0.2) is 77.7 Å². The second kappa shape index (κ2) is 13.3. The van der Waals surface area contributed by atoms with Crippen molar-refractivity contribution < 1.29 is 0 Å². The number of piperidine rings is 2. The molecule has 0 spiro atoms. The van der Waals surface area contributed by atoms with Crippen LogP contribution >= 0.6 is 0 Å². The lowest BCUT2D eigenvalue weighted by Gasteiger charge is -2.41. The Balaban J connectivity index is 1.48. The molecule has 0 saturated carbocycles. The Hall–Kier alpha value is -2.99. The summed E-state index contributed by atoms with van der Waals surface area (Å²) in [7, 11) is 0.239. The number of nitrogens with one attached hydrogen (secondary N) is 1. The quantitative estimate of drug-likeness (QED) is 0.254. The predicted molar refractivity (Wildman–Crippen MR) is 182 cm³/mol. The highest BCUT2D eigenvalue weighted by atomic mass is 28.3. The van der Waals surface area contributed by atoms with E-state index in [4.69, 9.17) is 9.97 Å². The summed E-state index contributed by atoms with van der Waals surface area (Å²) in [5.41, 5.74) is 7.33. The van der Waals surface area contributed by atoms with Crippen molar-refractivity contribution in [3.8, 4) is 17.2 Å². The first-order valence-electron chi connectivity index (χ1n) is 16.3. The van der Waals surface area contributed by atoms with Crippen LogP contribution in [-0.2, 0) is 0 Å². The molecule has 8 heteroatoms. The van der Waals surface area contributed by atoms with Crippen LogP contribution in [0, 0.1) is 11.5 Å². The van der Waals surface area contributed by atoms with E-state index in [0.29, 0.717) is 40.3 Å². The first-order valence-corrected chi connectivity index (χ1v) is 18.5. The molecule has 7 nitrogen and oxygen atoms in total. The zero-order valence-corrected chi connectivity index (χ0v) is 28.2. The Morgan fingerprint density at radius 1 is 0.907 bits per heavy atom. The maximum atomic E-state index is 13.7. The summed E-state index contributed by atoms with van der Waals surface area (Å²) in [5, 5.41) is 4.44. The van der Waals surface area contributed by atoms with Crippen molar-refractivity contribution in [1.29, 1.82) is 0 Å². The van der Waals surface area contributed by atoms with Gasteiger partial charge in [0.05, 0.1) is 11.1 Å². The molecule has 0 unspecified atom stereocenters. The number of pyridine rings is 1. The molecule has 0 bridgehead atoms. The van der Waals surface area contributed by atoms with Gasteiger partial charge < -0.3 is 15.1 Å². The molecule has 230 valence electrons. The number of para-hydroxylation sites is 1. The maximum absolute atomic E-state index is 13.7. The van der Waals surface area contributed by atoms with Crippen LogP contribution in [0.5, 0.6) is 0 Å². The first kappa shape index (κ1) is 31.4. The minimum atomic E-state index is -1.98. The number of nitrogens with zero attached hydrogens (tertiary/aromatic N) is 5. The fraction of sp³-hybridized carbons (Fsp3) is 0.571. The van der Waals surface area contributed by atoms with E-state index in [9.17, 15) is 4.79 Å². The Bertz CT molecular complexity index is 1480. The van der Waals surface area contributed by atoms with Crippen molar-refractivity contribution in [3.05, 3.63) is 58.5 Å². The minimum absolute atomic E-state index is 0.120. The number of anilines is 1. The molecule has 5 rings (SSSR count). The SMILES string of the molecule is CC(C)[Si](C#Cc1cc(=O)n(-c2ccccc2)c2nc(NC3CCN(C4CCN(C)CC4)CC3)ncc12)(C(C)C)C(C)C. The molecule has 0 radical (unpaired) electrons. The van der Waals surface area contributed by atoms with Crippen molar-refractivity contribution >= 4 is 25.1 Å². The molecule has 2 aromatic heterocycles. The van der Waals surface area contributed by atoms with E-state index in [1.165, 1.54) is 25.9 Å². The van der Waals surface area contributed by atoms with Crippen molar-refractivity contribution in [3.63, 3.8) is 0 Å². The molecule has 3 aromatic rings. The summed E-state index contributed by atoms with van der Waals surface area (Å²) in [6, 6.07) is 12.5. The fourth-order valence-corrected chi connectivity index (χ4v) is 12.9. The van der Waals surface area contributed by atoms with Gasteiger partial charge in [-0.15, -0.1) is 5.54 Å². The average Bonchev–Trinajstić information content (AvgIpc) is 2.98. The van der Waals surface area contributed by atoms with E-state index in [2.05, 4.69) is 75.2 Å².